The maximum atomic E-state index is 11.7. The molecule has 2 atom stereocenters. The van der Waals surface area contributed by atoms with Gasteiger partial charge in [-0.15, -0.1) is 0 Å². The predicted molar refractivity (Wildman–Crippen MR) is 71.0 cm³/mol. The van der Waals surface area contributed by atoms with Gasteiger partial charge < -0.3 is 4.74 Å². The van der Waals surface area contributed by atoms with Crippen LogP contribution in [0.25, 0.3) is 0 Å². The van der Waals surface area contributed by atoms with E-state index in [2.05, 4.69) is 36.1 Å². The highest BCUT2D eigenvalue weighted by Gasteiger charge is 2.36. The van der Waals surface area contributed by atoms with Gasteiger partial charge in [-0.05, 0) is 11.5 Å². The molecule has 2 rings (SSSR count). The molecule has 1 saturated heterocycles. The van der Waals surface area contributed by atoms with E-state index in [9.17, 15) is 4.79 Å². The minimum atomic E-state index is -0.0580. The summed E-state index contributed by atoms with van der Waals surface area (Å²) in [5.41, 5.74) is 1.30. The first-order valence-electron chi connectivity index (χ1n) is 6.58. The van der Waals surface area contributed by atoms with Crippen molar-refractivity contribution in [2.75, 3.05) is 20.2 Å². The highest BCUT2D eigenvalue weighted by molar-refractivity contribution is 5.73. The predicted octanol–water partition coefficient (Wildman–Crippen LogP) is 2.32. The van der Waals surface area contributed by atoms with Gasteiger partial charge in [-0.3, -0.25) is 9.69 Å². The summed E-state index contributed by atoms with van der Waals surface area (Å²) in [6, 6.07) is 10.4. The Morgan fingerprint density at radius 2 is 2.06 bits per heavy atom. The normalized spacial score (nSPS) is 24.1. The van der Waals surface area contributed by atoms with Crippen LogP contribution in [0.1, 0.15) is 18.9 Å². The van der Waals surface area contributed by atoms with E-state index in [1.54, 1.807) is 0 Å². The van der Waals surface area contributed by atoms with E-state index >= 15 is 0 Å². The van der Waals surface area contributed by atoms with Gasteiger partial charge in [0.25, 0.3) is 0 Å². The second kappa shape index (κ2) is 6.01. The number of ether oxygens (including phenoxy) is 1. The molecule has 0 radical (unpaired) electrons. The fourth-order valence-corrected chi connectivity index (χ4v) is 2.76. The molecule has 0 bridgehead atoms. The molecule has 1 aliphatic rings. The number of nitrogens with zero attached hydrogens (tertiary/aromatic N) is 1. The third kappa shape index (κ3) is 2.91. The topological polar surface area (TPSA) is 29.5 Å². The Kier molecular flexibility index (Phi) is 4.37. The fourth-order valence-electron chi connectivity index (χ4n) is 2.76. The van der Waals surface area contributed by atoms with Gasteiger partial charge >= 0.3 is 5.97 Å². The van der Waals surface area contributed by atoms with Crippen molar-refractivity contribution in [3.63, 3.8) is 0 Å². The molecule has 3 heteroatoms. The molecule has 0 aliphatic carbocycles. The largest absolute Gasteiger partial charge is 0.469 e. The van der Waals surface area contributed by atoms with Crippen LogP contribution in [0.4, 0.5) is 0 Å². The Labute approximate surface area is 109 Å². The van der Waals surface area contributed by atoms with Crippen molar-refractivity contribution >= 4 is 5.97 Å². The molecule has 0 aromatic heterocycles. The van der Waals surface area contributed by atoms with Crippen LogP contribution in [-0.4, -0.2) is 31.1 Å². The molecule has 0 unspecified atom stereocenters. The van der Waals surface area contributed by atoms with E-state index in [-0.39, 0.29) is 11.9 Å². The smallest absolute Gasteiger partial charge is 0.310 e. The average Bonchev–Trinajstić information content (AvgIpc) is 2.82. The number of methoxy groups -OCH3 is 1. The van der Waals surface area contributed by atoms with Crippen LogP contribution in [0, 0.1) is 11.8 Å². The molecule has 98 valence electrons. The molecule has 18 heavy (non-hydrogen) atoms. The number of carbonyl (C=O) groups is 1. The Hall–Kier alpha value is -1.35. The third-order valence-electron chi connectivity index (χ3n) is 3.79. The van der Waals surface area contributed by atoms with Gasteiger partial charge in [0.15, 0.2) is 0 Å². The third-order valence-corrected chi connectivity index (χ3v) is 3.79. The van der Waals surface area contributed by atoms with Crippen LogP contribution in [0.2, 0.25) is 0 Å². The molecule has 3 nitrogen and oxygen atoms in total. The van der Waals surface area contributed by atoms with Crippen LogP contribution >= 0.6 is 0 Å². The van der Waals surface area contributed by atoms with Gasteiger partial charge in [-0.2, -0.15) is 0 Å². The van der Waals surface area contributed by atoms with Crippen LogP contribution < -0.4 is 0 Å². The second-order valence-corrected chi connectivity index (χ2v) is 4.98. The molecule has 1 aliphatic heterocycles. The number of benzene rings is 1. The van der Waals surface area contributed by atoms with Crippen LogP contribution in [0.3, 0.4) is 0 Å². The lowest BCUT2D eigenvalue weighted by Crippen LogP contribution is -2.24. The zero-order valence-corrected chi connectivity index (χ0v) is 11.1. The SMILES string of the molecule is CC[C@@H]1CN(Cc2ccccc2)C[C@@H]1C(=O)OC. The average molecular weight is 247 g/mol. The first-order chi connectivity index (χ1) is 8.74. The van der Waals surface area contributed by atoms with Crippen molar-refractivity contribution in [2.24, 2.45) is 11.8 Å². The number of carbonyl (C=O) groups excluding carboxylic acids is 1. The van der Waals surface area contributed by atoms with Gasteiger partial charge in [-0.1, -0.05) is 43.7 Å². The molecule has 0 N–H and O–H groups in total. The van der Waals surface area contributed by atoms with E-state index in [0.29, 0.717) is 5.92 Å². The Morgan fingerprint density at radius 1 is 1.33 bits per heavy atom. The summed E-state index contributed by atoms with van der Waals surface area (Å²) >= 11 is 0. The molecule has 1 aromatic carbocycles. The van der Waals surface area contributed by atoms with Crippen molar-refractivity contribution in [3.8, 4) is 0 Å². The summed E-state index contributed by atoms with van der Waals surface area (Å²) in [6.07, 6.45) is 1.03. The lowest BCUT2D eigenvalue weighted by molar-refractivity contribution is -0.146. The minimum absolute atomic E-state index is 0.0451. The number of hydrogen-bond donors (Lipinski definition) is 0. The van der Waals surface area contributed by atoms with E-state index in [1.807, 2.05) is 6.07 Å². The first kappa shape index (κ1) is 13.1. The Bertz CT molecular complexity index is 391. The monoisotopic (exact) mass is 247 g/mol. The van der Waals surface area contributed by atoms with Crippen molar-refractivity contribution in [1.82, 2.24) is 4.90 Å². The Morgan fingerprint density at radius 3 is 2.67 bits per heavy atom. The number of esters is 1. The van der Waals surface area contributed by atoms with Crippen molar-refractivity contribution in [2.45, 2.75) is 19.9 Å². The fraction of sp³-hybridized carbons (Fsp3) is 0.533. The zero-order chi connectivity index (χ0) is 13.0. The second-order valence-electron chi connectivity index (χ2n) is 4.98. The maximum Gasteiger partial charge on any atom is 0.310 e. The Balaban J connectivity index is 1.99. The lowest BCUT2D eigenvalue weighted by atomic mass is 9.94. The van der Waals surface area contributed by atoms with Crippen molar-refractivity contribution in [1.29, 1.82) is 0 Å². The number of hydrogen-bond acceptors (Lipinski definition) is 3. The summed E-state index contributed by atoms with van der Waals surface area (Å²) in [5, 5.41) is 0. The minimum Gasteiger partial charge on any atom is -0.469 e. The lowest BCUT2D eigenvalue weighted by Gasteiger charge is -2.15. The number of likely N-dealkylation sites (tertiary alicyclic amines) is 1. The maximum absolute atomic E-state index is 11.7. The van der Waals surface area contributed by atoms with E-state index < -0.39 is 0 Å². The molecule has 1 aromatic rings. The molecule has 0 spiro atoms. The van der Waals surface area contributed by atoms with Gasteiger partial charge in [0.2, 0.25) is 0 Å². The first-order valence-corrected chi connectivity index (χ1v) is 6.58. The summed E-state index contributed by atoms with van der Waals surface area (Å²) in [6.45, 7) is 4.88. The number of rotatable bonds is 4. The van der Waals surface area contributed by atoms with Gasteiger partial charge in [0, 0.05) is 19.6 Å². The molecular formula is C15H21NO2. The van der Waals surface area contributed by atoms with Gasteiger partial charge in [0.05, 0.1) is 13.0 Å². The standard InChI is InChI=1S/C15H21NO2/c1-3-13-10-16(11-14(13)15(17)18-2)9-12-7-5-4-6-8-12/h4-8,13-14H,3,9-11H2,1-2H3/t13-,14+/m1/s1. The molecular weight excluding hydrogens is 226 g/mol. The summed E-state index contributed by atoms with van der Waals surface area (Å²) in [5.74, 6) is 0.419. The van der Waals surface area contributed by atoms with E-state index in [1.165, 1.54) is 12.7 Å². The zero-order valence-electron chi connectivity index (χ0n) is 11.1. The molecule has 0 saturated carbocycles. The van der Waals surface area contributed by atoms with Gasteiger partial charge in [-0.25, -0.2) is 0 Å². The highest BCUT2D eigenvalue weighted by Crippen LogP contribution is 2.28. The van der Waals surface area contributed by atoms with Crippen LogP contribution in [0.15, 0.2) is 30.3 Å². The molecule has 1 fully saturated rings. The molecule has 0 amide bonds. The van der Waals surface area contributed by atoms with Crippen LogP contribution in [0.5, 0.6) is 0 Å². The van der Waals surface area contributed by atoms with E-state index in [4.69, 9.17) is 4.74 Å². The van der Waals surface area contributed by atoms with Gasteiger partial charge in [0.1, 0.15) is 0 Å². The van der Waals surface area contributed by atoms with Crippen molar-refractivity contribution < 1.29 is 9.53 Å². The van der Waals surface area contributed by atoms with Crippen LogP contribution in [-0.2, 0) is 16.1 Å². The summed E-state index contributed by atoms with van der Waals surface area (Å²) in [4.78, 5) is 14.1. The van der Waals surface area contributed by atoms with E-state index in [0.717, 1.165) is 26.1 Å². The quantitative estimate of drug-likeness (QED) is 0.765. The molecule has 1 heterocycles. The highest BCUT2D eigenvalue weighted by atomic mass is 16.5. The summed E-state index contributed by atoms with van der Waals surface area (Å²) in [7, 11) is 1.48. The van der Waals surface area contributed by atoms with Crippen molar-refractivity contribution in [3.05, 3.63) is 35.9 Å². The summed E-state index contributed by atoms with van der Waals surface area (Å²) < 4.78 is 4.90.